The fourth-order valence-corrected chi connectivity index (χ4v) is 12.5. The van der Waals surface area contributed by atoms with Crippen LogP contribution in [0.2, 0.25) is 0 Å². The summed E-state index contributed by atoms with van der Waals surface area (Å²) in [6.45, 7) is 0. The van der Waals surface area contributed by atoms with Crippen LogP contribution in [0.5, 0.6) is 0 Å². The minimum atomic E-state index is 0.776. The lowest BCUT2D eigenvalue weighted by molar-refractivity contribution is 1.08. The summed E-state index contributed by atoms with van der Waals surface area (Å²) in [5, 5.41) is 0. The minimum absolute atomic E-state index is 0.776. The van der Waals surface area contributed by atoms with Crippen molar-refractivity contribution in [1.29, 1.82) is 0 Å². The Hall–Kier alpha value is -12.3. The number of benzene rings is 13. The molecule has 0 saturated heterocycles. The summed E-state index contributed by atoms with van der Waals surface area (Å²) in [6.07, 6.45) is 0. The molecule has 0 bridgehead atoms. The number of fused-ring (bicyclic) bond motifs is 3. The van der Waals surface area contributed by atoms with Crippen molar-refractivity contribution in [2.75, 3.05) is 14.7 Å². The van der Waals surface area contributed by atoms with Crippen molar-refractivity contribution in [3.05, 3.63) is 346 Å². The van der Waals surface area contributed by atoms with Gasteiger partial charge in [0.1, 0.15) is 17.5 Å². The van der Waals surface area contributed by atoms with Crippen molar-refractivity contribution in [2.24, 2.45) is 0 Å². The number of hydrogen-bond donors (Lipinski definition) is 0. The topological polar surface area (TPSA) is 63.2 Å². The molecule has 16 rings (SSSR count). The molecule has 3 heterocycles. The van der Waals surface area contributed by atoms with Crippen molar-refractivity contribution in [3.8, 4) is 51.2 Å². The van der Waals surface area contributed by atoms with Crippen LogP contribution in [0.3, 0.4) is 0 Å². The Morgan fingerprint density at radius 3 is 0.600 bits per heavy atom. The minimum Gasteiger partial charge on any atom is -0.311 e. The van der Waals surface area contributed by atoms with Crippen LogP contribution in [0, 0.1) is 0 Å². The van der Waals surface area contributed by atoms with E-state index in [9.17, 15) is 0 Å². The number of nitrogens with zero attached hydrogens (tertiary/aromatic N) is 9. The lowest BCUT2D eigenvalue weighted by atomic mass is 10.0. The number of hydrogen-bond acceptors (Lipinski definition) is 6. The largest absolute Gasteiger partial charge is 0.311 e. The summed E-state index contributed by atoms with van der Waals surface area (Å²) in [5.41, 5.74) is 20.7. The van der Waals surface area contributed by atoms with E-state index in [-0.39, 0.29) is 0 Å². The summed E-state index contributed by atoms with van der Waals surface area (Å²) in [7, 11) is 0. The van der Waals surface area contributed by atoms with Gasteiger partial charge in [-0.15, -0.1) is 0 Å². The van der Waals surface area contributed by atoms with Crippen molar-refractivity contribution < 1.29 is 0 Å². The zero-order chi connectivity index (χ0) is 59.7. The summed E-state index contributed by atoms with van der Waals surface area (Å²) in [6, 6.07) is 122. The van der Waals surface area contributed by atoms with Gasteiger partial charge in [0.05, 0.1) is 33.1 Å². The van der Waals surface area contributed by atoms with E-state index in [4.69, 9.17) is 15.0 Å². The third kappa shape index (κ3) is 9.88. The molecule has 13 aromatic carbocycles. The Morgan fingerprint density at radius 2 is 0.378 bits per heavy atom. The Morgan fingerprint density at radius 1 is 0.189 bits per heavy atom. The highest BCUT2D eigenvalue weighted by atomic mass is 15.2. The van der Waals surface area contributed by atoms with Gasteiger partial charge in [0, 0.05) is 84.9 Å². The molecule has 0 aliphatic rings. The van der Waals surface area contributed by atoms with Crippen LogP contribution in [-0.4, -0.2) is 28.7 Å². The lowest BCUT2D eigenvalue weighted by Gasteiger charge is -2.25. The molecule has 90 heavy (non-hydrogen) atoms. The van der Waals surface area contributed by atoms with E-state index in [1.807, 2.05) is 0 Å². The molecular weight excluding hydrogens is 1100 g/mol. The molecule has 0 atom stereocenters. The lowest BCUT2D eigenvalue weighted by Crippen LogP contribution is -2.10. The molecule has 0 aliphatic carbocycles. The van der Waals surface area contributed by atoms with Gasteiger partial charge in [-0.25, -0.2) is 15.0 Å². The van der Waals surface area contributed by atoms with Crippen LogP contribution in [0.1, 0.15) is 0 Å². The molecule has 9 heteroatoms. The number of aromatic nitrogens is 6. The molecule has 0 radical (unpaired) electrons. The van der Waals surface area contributed by atoms with Crippen LogP contribution in [0.15, 0.2) is 346 Å². The highest BCUT2D eigenvalue weighted by Crippen LogP contribution is 2.43. The second-order valence-corrected chi connectivity index (χ2v) is 22.1. The van der Waals surface area contributed by atoms with Crippen LogP contribution in [0.4, 0.5) is 51.2 Å². The number of para-hydroxylation sites is 12. The first kappa shape index (κ1) is 53.2. The van der Waals surface area contributed by atoms with Gasteiger partial charge < -0.3 is 14.7 Å². The molecule has 426 valence electrons. The molecule has 0 spiro atoms. The van der Waals surface area contributed by atoms with Crippen LogP contribution >= 0.6 is 0 Å². The molecule has 9 nitrogen and oxygen atoms in total. The van der Waals surface area contributed by atoms with Gasteiger partial charge in [0.25, 0.3) is 0 Å². The summed E-state index contributed by atoms with van der Waals surface area (Å²) in [4.78, 5) is 23.6. The Labute approximate surface area is 521 Å². The maximum atomic E-state index is 5.57. The monoisotopic (exact) mass is 1160 g/mol. The third-order valence-electron chi connectivity index (χ3n) is 16.6. The molecule has 0 fully saturated rings. The third-order valence-corrected chi connectivity index (χ3v) is 16.6. The van der Waals surface area contributed by atoms with Crippen LogP contribution < -0.4 is 14.7 Å². The first-order chi connectivity index (χ1) is 44.6. The van der Waals surface area contributed by atoms with E-state index in [1.54, 1.807) is 0 Å². The second-order valence-electron chi connectivity index (χ2n) is 22.1. The second kappa shape index (κ2) is 23.2. The average molecular weight is 1160 g/mol. The van der Waals surface area contributed by atoms with Gasteiger partial charge in [-0.1, -0.05) is 146 Å². The number of rotatable bonds is 15. The summed E-state index contributed by atoms with van der Waals surface area (Å²) in [5.74, 6) is 2.33. The van der Waals surface area contributed by atoms with E-state index in [2.05, 4.69) is 374 Å². The highest BCUT2D eigenvalue weighted by Gasteiger charge is 2.25. The van der Waals surface area contributed by atoms with E-state index in [0.29, 0.717) is 0 Å². The summed E-state index contributed by atoms with van der Waals surface area (Å²) >= 11 is 0. The van der Waals surface area contributed by atoms with Crippen molar-refractivity contribution in [2.45, 2.75) is 0 Å². The van der Waals surface area contributed by atoms with Crippen LogP contribution in [0.25, 0.3) is 84.3 Å². The standard InChI is InChI=1S/C81H57N9/c1-7-25-61(26-8-1)85(62-27-9-2-10-28-62)67-43-49-70(50-44-67)88-76-40-22-19-37-73(76)82-79(88)58-55-59(80-83-74-38-20-23-41-77(74)89(80)71-51-45-68(46-52-71)86(63-29-11-3-12-30-63)64-31-13-4-14-32-64)57-60(56-58)81-84-75-39-21-24-42-78(75)90(81)72-53-47-69(48-54-72)87(65-33-15-5-16-34-65)66-35-17-6-18-36-66/h1-57H. The Kier molecular flexibility index (Phi) is 13.7. The van der Waals surface area contributed by atoms with Gasteiger partial charge in [-0.05, 0) is 200 Å². The summed E-state index contributed by atoms with van der Waals surface area (Å²) < 4.78 is 6.87. The van der Waals surface area contributed by atoms with Gasteiger partial charge in [-0.2, -0.15) is 0 Å². The Bertz CT molecular complexity index is 4500. The fraction of sp³-hybridized carbons (Fsp3) is 0. The average Bonchev–Trinajstić information content (AvgIpc) is 1.75. The predicted molar refractivity (Wildman–Crippen MR) is 371 cm³/mol. The SMILES string of the molecule is c1ccc(N(c2ccccc2)c2ccc(-n3c(-c4cc(-c5nc6ccccc6n5-c5ccc(N(c6ccccc6)c6ccccc6)cc5)cc(-c5nc6ccccc6n5-c5ccc(N(c6ccccc6)c6ccccc6)cc5)c4)nc4ccccc43)cc2)cc1. The molecule has 0 N–H and O–H groups in total. The molecular formula is C81H57N9. The number of imidazole rings is 3. The van der Waals surface area contributed by atoms with Gasteiger partial charge in [-0.3, -0.25) is 13.7 Å². The van der Waals surface area contributed by atoms with Crippen molar-refractivity contribution in [3.63, 3.8) is 0 Å². The van der Waals surface area contributed by atoms with E-state index in [1.165, 1.54) is 0 Å². The van der Waals surface area contributed by atoms with Crippen molar-refractivity contribution in [1.82, 2.24) is 28.7 Å². The maximum absolute atomic E-state index is 5.57. The zero-order valence-corrected chi connectivity index (χ0v) is 48.9. The van der Waals surface area contributed by atoms with Gasteiger partial charge in [0.15, 0.2) is 0 Å². The van der Waals surface area contributed by atoms with Crippen LogP contribution in [-0.2, 0) is 0 Å². The van der Waals surface area contributed by atoms with E-state index < -0.39 is 0 Å². The normalized spacial score (nSPS) is 11.3. The molecule has 0 unspecified atom stereocenters. The van der Waals surface area contributed by atoms with Gasteiger partial charge >= 0.3 is 0 Å². The maximum Gasteiger partial charge on any atom is 0.145 e. The zero-order valence-electron chi connectivity index (χ0n) is 48.9. The quantitative estimate of drug-likeness (QED) is 0.102. The van der Waals surface area contributed by atoms with E-state index >= 15 is 0 Å². The molecule has 3 aromatic heterocycles. The predicted octanol–water partition coefficient (Wildman–Crippen LogP) is 21.1. The molecule has 0 amide bonds. The molecule has 0 aliphatic heterocycles. The first-order valence-corrected chi connectivity index (χ1v) is 30.3. The van der Waals surface area contributed by atoms with E-state index in [0.717, 1.165) is 136 Å². The smallest absolute Gasteiger partial charge is 0.145 e. The number of anilines is 9. The Balaban J connectivity index is 0.894. The first-order valence-electron chi connectivity index (χ1n) is 30.3. The molecule has 0 saturated carbocycles. The molecule has 16 aromatic rings. The highest BCUT2D eigenvalue weighted by molar-refractivity contribution is 5.91. The van der Waals surface area contributed by atoms with Crippen molar-refractivity contribution >= 4 is 84.3 Å². The van der Waals surface area contributed by atoms with Gasteiger partial charge in [0.2, 0.25) is 0 Å². The fourth-order valence-electron chi connectivity index (χ4n) is 12.5.